The minimum absolute atomic E-state index is 0.0286. The van der Waals surface area contributed by atoms with Crippen LogP contribution in [-0.4, -0.2) is 24.1 Å². The fraction of sp³-hybridized carbons (Fsp3) is 0.500. The standard InChI is InChI=1S/C14H17ClN2O2/c15-11-7-9(1-2-12(11)18)17-13(19)10-8-14(10)3-5-16-6-4-14/h1-2,7,10,16,18H,3-6,8H2,(H,17,19). The topological polar surface area (TPSA) is 61.4 Å². The lowest BCUT2D eigenvalue weighted by molar-refractivity contribution is -0.118. The summed E-state index contributed by atoms with van der Waals surface area (Å²) in [6, 6.07) is 4.73. The number of piperidine rings is 1. The second-order valence-electron chi connectivity index (χ2n) is 5.52. The molecule has 3 N–H and O–H groups in total. The molecular weight excluding hydrogens is 264 g/mol. The highest BCUT2D eigenvalue weighted by molar-refractivity contribution is 6.32. The first kappa shape index (κ1) is 12.8. The zero-order valence-corrected chi connectivity index (χ0v) is 11.3. The fourth-order valence-corrected chi connectivity index (χ4v) is 3.19. The van der Waals surface area contributed by atoms with Crippen LogP contribution in [0.1, 0.15) is 19.3 Å². The number of rotatable bonds is 2. The van der Waals surface area contributed by atoms with Gasteiger partial charge in [-0.3, -0.25) is 4.79 Å². The first-order valence-electron chi connectivity index (χ1n) is 6.61. The Morgan fingerprint density at radius 2 is 2.16 bits per heavy atom. The predicted molar refractivity (Wildman–Crippen MR) is 74.4 cm³/mol. The van der Waals surface area contributed by atoms with Gasteiger partial charge in [-0.15, -0.1) is 0 Å². The highest BCUT2D eigenvalue weighted by atomic mass is 35.5. The number of aromatic hydroxyl groups is 1. The van der Waals surface area contributed by atoms with E-state index in [9.17, 15) is 9.90 Å². The molecule has 1 heterocycles. The minimum atomic E-state index is 0.0286. The van der Waals surface area contributed by atoms with E-state index in [-0.39, 0.29) is 28.0 Å². The van der Waals surface area contributed by atoms with Crippen molar-refractivity contribution in [3.63, 3.8) is 0 Å². The van der Waals surface area contributed by atoms with Crippen molar-refractivity contribution in [1.82, 2.24) is 5.32 Å². The normalized spacial score (nSPS) is 24.2. The van der Waals surface area contributed by atoms with E-state index in [1.54, 1.807) is 12.1 Å². The van der Waals surface area contributed by atoms with Gasteiger partial charge < -0.3 is 15.7 Å². The van der Waals surface area contributed by atoms with Gasteiger partial charge in [-0.1, -0.05) is 11.6 Å². The van der Waals surface area contributed by atoms with Crippen LogP contribution in [0.4, 0.5) is 5.69 Å². The van der Waals surface area contributed by atoms with Crippen molar-refractivity contribution < 1.29 is 9.90 Å². The Kier molecular flexibility index (Phi) is 3.15. The van der Waals surface area contributed by atoms with E-state index in [1.807, 2.05) is 0 Å². The molecule has 1 saturated heterocycles. The summed E-state index contributed by atoms with van der Waals surface area (Å²) in [4.78, 5) is 12.2. The molecular formula is C14H17ClN2O2. The molecule has 0 radical (unpaired) electrons. The van der Waals surface area contributed by atoms with Crippen molar-refractivity contribution in [3.8, 4) is 5.75 Å². The molecule has 4 nitrogen and oxygen atoms in total. The summed E-state index contributed by atoms with van der Waals surface area (Å²) in [6.45, 7) is 2.02. The smallest absolute Gasteiger partial charge is 0.228 e. The van der Waals surface area contributed by atoms with Crippen LogP contribution in [0.25, 0.3) is 0 Å². The maximum Gasteiger partial charge on any atom is 0.228 e. The summed E-state index contributed by atoms with van der Waals surface area (Å²) in [6.07, 6.45) is 3.16. The van der Waals surface area contributed by atoms with Crippen LogP contribution in [0.5, 0.6) is 5.75 Å². The Balaban J connectivity index is 1.64. The van der Waals surface area contributed by atoms with Gasteiger partial charge in [0.15, 0.2) is 0 Å². The summed E-state index contributed by atoms with van der Waals surface area (Å²) in [5.41, 5.74) is 0.875. The number of hydrogen-bond acceptors (Lipinski definition) is 3. The second kappa shape index (κ2) is 4.69. The second-order valence-corrected chi connectivity index (χ2v) is 5.93. The van der Waals surface area contributed by atoms with Gasteiger partial charge in [0.25, 0.3) is 0 Å². The van der Waals surface area contributed by atoms with E-state index in [0.717, 1.165) is 32.4 Å². The molecule has 1 amide bonds. The number of anilines is 1. The molecule has 3 rings (SSSR count). The van der Waals surface area contributed by atoms with Crippen LogP contribution in [0.15, 0.2) is 18.2 Å². The van der Waals surface area contributed by atoms with Crippen molar-refractivity contribution in [1.29, 1.82) is 0 Å². The Morgan fingerprint density at radius 1 is 1.42 bits per heavy atom. The van der Waals surface area contributed by atoms with Gasteiger partial charge in [0, 0.05) is 11.6 Å². The molecule has 1 unspecified atom stereocenters. The highest BCUT2D eigenvalue weighted by Gasteiger charge is 2.57. The van der Waals surface area contributed by atoms with Gasteiger partial charge in [0.2, 0.25) is 5.91 Å². The Morgan fingerprint density at radius 3 is 2.84 bits per heavy atom. The average Bonchev–Trinajstić information content (AvgIpc) is 3.08. The number of nitrogens with one attached hydrogen (secondary N) is 2. The van der Waals surface area contributed by atoms with Gasteiger partial charge in [0.05, 0.1) is 5.02 Å². The molecule has 2 fully saturated rings. The molecule has 0 aromatic heterocycles. The Hall–Kier alpha value is -1.26. The maximum absolute atomic E-state index is 12.2. The van der Waals surface area contributed by atoms with Crippen LogP contribution in [-0.2, 0) is 4.79 Å². The van der Waals surface area contributed by atoms with Gasteiger partial charge >= 0.3 is 0 Å². The largest absolute Gasteiger partial charge is 0.506 e. The van der Waals surface area contributed by atoms with Crippen molar-refractivity contribution in [2.45, 2.75) is 19.3 Å². The van der Waals surface area contributed by atoms with Gasteiger partial charge in [-0.2, -0.15) is 0 Å². The van der Waals surface area contributed by atoms with Crippen LogP contribution < -0.4 is 10.6 Å². The first-order valence-corrected chi connectivity index (χ1v) is 6.99. The number of phenolic OH excluding ortho intramolecular Hbond substituents is 1. The van der Waals surface area contributed by atoms with Gasteiger partial charge in [-0.25, -0.2) is 0 Å². The SMILES string of the molecule is O=C(Nc1ccc(O)c(Cl)c1)C1CC12CCNCC2. The van der Waals surface area contributed by atoms with E-state index >= 15 is 0 Å². The third kappa shape index (κ3) is 2.42. The van der Waals surface area contributed by atoms with E-state index in [4.69, 9.17) is 11.6 Å². The minimum Gasteiger partial charge on any atom is -0.506 e. The fourth-order valence-electron chi connectivity index (χ4n) is 3.01. The number of hydrogen-bond donors (Lipinski definition) is 3. The summed E-state index contributed by atoms with van der Waals surface area (Å²) >= 11 is 5.83. The van der Waals surface area contributed by atoms with Crippen molar-refractivity contribution in [3.05, 3.63) is 23.2 Å². The average molecular weight is 281 g/mol. The zero-order valence-electron chi connectivity index (χ0n) is 10.6. The van der Waals surface area contributed by atoms with Crippen LogP contribution >= 0.6 is 11.6 Å². The molecule has 1 aromatic rings. The van der Waals surface area contributed by atoms with Gasteiger partial charge in [0.1, 0.15) is 5.75 Å². The van der Waals surface area contributed by atoms with E-state index in [2.05, 4.69) is 10.6 Å². The van der Waals surface area contributed by atoms with Gasteiger partial charge in [-0.05, 0) is 56.0 Å². The zero-order chi connectivity index (χ0) is 13.5. The van der Waals surface area contributed by atoms with Crippen LogP contribution in [0.3, 0.4) is 0 Å². The van der Waals surface area contributed by atoms with E-state index in [0.29, 0.717) is 5.69 Å². The molecule has 1 atom stereocenters. The molecule has 102 valence electrons. The first-order chi connectivity index (χ1) is 9.11. The third-order valence-corrected chi connectivity index (χ3v) is 4.62. The molecule has 1 aliphatic heterocycles. The summed E-state index contributed by atoms with van der Waals surface area (Å²) in [5, 5.41) is 15.8. The molecule has 2 aliphatic rings. The summed E-state index contributed by atoms with van der Waals surface area (Å²) in [7, 11) is 0. The van der Waals surface area contributed by atoms with Crippen molar-refractivity contribution in [2.75, 3.05) is 18.4 Å². The van der Waals surface area contributed by atoms with Crippen molar-refractivity contribution >= 4 is 23.2 Å². The lowest BCUT2D eigenvalue weighted by Gasteiger charge is -2.23. The highest BCUT2D eigenvalue weighted by Crippen LogP contribution is 2.58. The lowest BCUT2D eigenvalue weighted by atomic mass is 9.92. The van der Waals surface area contributed by atoms with E-state index < -0.39 is 0 Å². The molecule has 19 heavy (non-hydrogen) atoms. The number of benzene rings is 1. The molecule has 1 spiro atoms. The Labute approximate surface area is 117 Å². The Bertz CT molecular complexity index is 512. The lowest BCUT2D eigenvalue weighted by Crippen LogP contribution is -2.31. The predicted octanol–water partition coefficient (Wildman–Crippen LogP) is 2.37. The quantitative estimate of drug-likeness (QED) is 0.729. The number of carbonyl (C=O) groups excluding carboxylic acids is 1. The number of amides is 1. The molecule has 1 aliphatic carbocycles. The number of halogens is 1. The number of phenols is 1. The monoisotopic (exact) mass is 280 g/mol. The molecule has 1 saturated carbocycles. The van der Waals surface area contributed by atoms with E-state index in [1.165, 1.54) is 6.07 Å². The third-order valence-electron chi connectivity index (χ3n) is 4.32. The summed E-state index contributed by atoms with van der Waals surface area (Å²) in [5.74, 6) is 0.228. The van der Waals surface area contributed by atoms with Crippen LogP contribution in [0, 0.1) is 11.3 Å². The molecule has 5 heteroatoms. The molecule has 0 bridgehead atoms. The maximum atomic E-state index is 12.2. The molecule has 1 aromatic carbocycles. The number of carbonyl (C=O) groups is 1. The van der Waals surface area contributed by atoms with Crippen molar-refractivity contribution in [2.24, 2.45) is 11.3 Å². The van der Waals surface area contributed by atoms with Crippen LogP contribution in [0.2, 0.25) is 5.02 Å². The summed E-state index contributed by atoms with van der Waals surface area (Å²) < 4.78 is 0.